The molecular formula is C12H13N3O3. The molecule has 1 atom stereocenters. The number of aromatic nitrogens is 3. The Morgan fingerprint density at radius 3 is 3.00 bits per heavy atom. The van der Waals surface area contributed by atoms with Crippen LogP contribution in [-0.2, 0) is 13.5 Å². The van der Waals surface area contributed by atoms with E-state index >= 15 is 0 Å². The molecule has 2 aromatic rings. The molecule has 6 nitrogen and oxygen atoms in total. The number of aliphatic hydroxyl groups excluding tert-OH is 1. The van der Waals surface area contributed by atoms with Gasteiger partial charge in [0.05, 0.1) is 11.8 Å². The molecule has 94 valence electrons. The van der Waals surface area contributed by atoms with Gasteiger partial charge in [-0.15, -0.1) is 5.10 Å². The Labute approximate surface area is 104 Å². The number of rotatable bonds is 3. The first kappa shape index (κ1) is 11.0. The summed E-state index contributed by atoms with van der Waals surface area (Å²) in [7, 11) is 1.80. The van der Waals surface area contributed by atoms with E-state index in [9.17, 15) is 5.11 Å². The maximum Gasteiger partial charge on any atom is 0.231 e. The Kier molecular flexibility index (Phi) is 2.64. The highest BCUT2D eigenvalue weighted by atomic mass is 16.7. The summed E-state index contributed by atoms with van der Waals surface area (Å²) >= 11 is 0. The zero-order valence-electron chi connectivity index (χ0n) is 9.91. The molecular weight excluding hydrogens is 234 g/mol. The van der Waals surface area contributed by atoms with Crippen molar-refractivity contribution < 1.29 is 14.6 Å². The molecule has 0 saturated carbocycles. The van der Waals surface area contributed by atoms with Crippen molar-refractivity contribution in [1.82, 2.24) is 15.0 Å². The molecule has 1 aliphatic heterocycles. The molecule has 1 aromatic carbocycles. The topological polar surface area (TPSA) is 69.4 Å². The number of nitrogens with zero attached hydrogens (tertiary/aromatic N) is 3. The van der Waals surface area contributed by atoms with Crippen LogP contribution in [0.25, 0.3) is 0 Å². The van der Waals surface area contributed by atoms with Gasteiger partial charge in [-0.3, -0.25) is 4.68 Å². The maximum absolute atomic E-state index is 10.1. The van der Waals surface area contributed by atoms with Crippen LogP contribution in [0.15, 0.2) is 24.4 Å². The maximum atomic E-state index is 10.1. The number of fused-ring (bicyclic) bond motifs is 1. The summed E-state index contributed by atoms with van der Waals surface area (Å²) in [6.45, 7) is 0.235. The Bertz CT molecular complexity index is 567. The fourth-order valence-corrected chi connectivity index (χ4v) is 1.93. The molecule has 0 aliphatic carbocycles. The van der Waals surface area contributed by atoms with Crippen molar-refractivity contribution in [3.63, 3.8) is 0 Å². The quantitative estimate of drug-likeness (QED) is 0.869. The van der Waals surface area contributed by atoms with Gasteiger partial charge in [-0.25, -0.2) is 0 Å². The predicted molar refractivity (Wildman–Crippen MR) is 62.2 cm³/mol. The minimum absolute atomic E-state index is 0.235. The van der Waals surface area contributed by atoms with Crippen molar-refractivity contribution in [2.75, 3.05) is 6.79 Å². The van der Waals surface area contributed by atoms with E-state index in [-0.39, 0.29) is 6.79 Å². The van der Waals surface area contributed by atoms with Gasteiger partial charge >= 0.3 is 0 Å². The average Bonchev–Trinajstić information content (AvgIpc) is 2.96. The van der Waals surface area contributed by atoms with Crippen LogP contribution in [0.2, 0.25) is 0 Å². The normalized spacial score (nSPS) is 14.8. The summed E-state index contributed by atoms with van der Waals surface area (Å²) in [6.07, 6.45) is 1.58. The number of aliphatic hydroxyl groups is 1. The summed E-state index contributed by atoms with van der Waals surface area (Å²) in [5.41, 5.74) is 1.53. The Balaban J connectivity index is 1.78. The molecule has 2 heterocycles. The van der Waals surface area contributed by atoms with Gasteiger partial charge in [0.15, 0.2) is 11.5 Å². The van der Waals surface area contributed by atoms with Crippen LogP contribution in [0.3, 0.4) is 0 Å². The van der Waals surface area contributed by atoms with Gasteiger partial charge in [0, 0.05) is 19.7 Å². The van der Waals surface area contributed by atoms with Gasteiger partial charge in [-0.2, -0.15) is 0 Å². The molecule has 0 radical (unpaired) electrons. The van der Waals surface area contributed by atoms with Crippen LogP contribution in [0.1, 0.15) is 17.4 Å². The Morgan fingerprint density at radius 2 is 2.22 bits per heavy atom. The lowest BCUT2D eigenvalue weighted by atomic mass is 10.0. The van der Waals surface area contributed by atoms with Crippen molar-refractivity contribution in [2.24, 2.45) is 7.05 Å². The van der Waals surface area contributed by atoms with Crippen molar-refractivity contribution >= 4 is 0 Å². The number of aryl methyl sites for hydroxylation is 1. The monoisotopic (exact) mass is 247 g/mol. The van der Waals surface area contributed by atoms with Crippen molar-refractivity contribution in [3.05, 3.63) is 35.7 Å². The molecule has 0 saturated heterocycles. The summed E-state index contributed by atoms with van der Waals surface area (Å²) in [5.74, 6) is 1.39. The van der Waals surface area contributed by atoms with Gasteiger partial charge in [-0.1, -0.05) is 11.3 Å². The first-order valence-electron chi connectivity index (χ1n) is 5.65. The highest BCUT2D eigenvalue weighted by Crippen LogP contribution is 2.34. The summed E-state index contributed by atoms with van der Waals surface area (Å²) in [5, 5.41) is 17.9. The van der Waals surface area contributed by atoms with Crippen LogP contribution in [0.5, 0.6) is 11.5 Å². The Hall–Kier alpha value is -2.08. The number of ether oxygens (including phenoxy) is 2. The first-order chi connectivity index (χ1) is 8.72. The van der Waals surface area contributed by atoms with Crippen LogP contribution < -0.4 is 9.47 Å². The lowest BCUT2D eigenvalue weighted by Crippen LogP contribution is -2.02. The van der Waals surface area contributed by atoms with Gasteiger partial charge in [-0.05, 0) is 17.7 Å². The lowest BCUT2D eigenvalue weighted by molar-refractivity contribution is 0.171. The summed E-state index contributed by atoms with van der Waals surface area (Å²) < 4.78 is 12.1. The third-order valence-electron chi connectivity index (χ3n) is 2.83. The second kappa shape index (κ2) is 4.30. The van der Waals surface area contributed by atoms with E-state index in [2.05, 4.69) is 10.3 Å². The molecule has 18 heavy (non-hydrogen) atoms. The fourth-order valence-electron chi connectivity index (χ4n) is 1.93. The second-order valence-electron chi connectivity index (χ2n) is 4.22. The number of hydrogen-bond donors (Lipinski definition) is 1. The van der Waals surface area contributed by atoms with Crippen LogP contribution >= 0.6 is 0 Å². The van der Waals surface area contributed by atoms with Gasteiger partial charge < -0.3 is 14.6 Å². The minimum atomic E-state index is -0.629. The summed E-state index contributed by atoms with van der Waals surface area (Å²) in [6, 6.07) is 5.43. The van der Waals surface area contributed by atoms with E-state index in [0.717, 1.165) is 11.3 Å². The Morgan fingerprint density at radius 1 is 1.39 bits per heavy atom. The molecule has 0 spiro atoms. The van der Waals surface area contributed by atoms with Crippen LogP contribution in [-0.4, -0.2) is 26.9 Å². The van der Waals surface area contributed by atoms with Gasteiger partial charge in [0.25, 0.3) is 0 Å². The molecule has 0 amide bonds. The van der Waals surface area contributed by atoms with Crippen molar-refractivity contribution in [2.45, 2.75) is 12.5 Å². The van der Waals surface area contributed by atoms with E-state index in [1.54, 1.807) is 30.1 Å². The number of hydrogen-bond acceptors (Lipinski definition) is 5. The van der Waals surface area contributed by atoms with E-state index < -0.39 is 6.10 Å². The highest BCUT2D eigenvalue weighted by molar-refractivity contribution is 5.45. The minimum Gasteiger partial charge on any atom is -0.454 e. The average molecular weight is 247 g/mol. The molecule has 1 N–H and O–H groups in total. The lowest BCUT2D eigenvalue weighted by Gasteiger charge is -2.09. The summed E-state index contributed by atoms with van der Waals surface area (Å²) in [4.78, 5) is 0. The zero-order chi connectivity index (χ0) is 12.5. The zero-order valence-corrected chi connectivity index (χ0v) is 9.91. The molecule has 0 fully saturated rings. The SMILES string of the molecule is Cn1cc(CC(O)c2ccc3c(c2)OCO3)nn1. The first-order valence-corrected chi connectivity index (χ1v) is 5.65. The molecule has 3 rings (SSSR count). The number of benzene rings is 1. The van der Waals surface area contributed by atoms with E-state index in [4.69, 9.17) is 9.47 Å². The molecule has 6 heteroatoms. The third kappa shape index (κ3) is 2.02. The standard InChI is InChI=1S/C12H13N3O3/c1-15-6-9(13-14-15)5-10(16)8-2-3-11-12(4-8)18-7-17-11/h2-4,6,10,16H,5,7H2,1H3. The van der Waals surface area contributed by atoms with Gasteiger partial charge in [0.1, 0.15) is 0 Å². The molecule has 1 aromatic heterocycles. The van der Waals surface area contributed by atoms with E-state index in [0.29, 0.717) is 17.9 Å². The van der Waals surface area contributed by atoms with Crippen molar-refractivity contribution in [3.8, 4) is 11.5 Å². The van der Waals surface area contributed by atoms with Crippen LogP contribution in [0.4, 0.5) is 0 Å². The fraction of sp³-hybridized carbons (Fsp3) is 0.333. The smallest absolute Gasteiger partial charge is 0.231 e. The molecule has 1 aliphatic rings. The molecule has 0 bridgehead atoms. The van der Waals surface area contributed by atoms with Crippen molar-refractivity contribution in [1.29, 1.82) is 0 Å². The second-order valence-corrected chi connectivity index (χ2v) is 4.22. The highest BCUT2D eigenvalue weighted by Gasteiger charge is 2.17. The van der Waals surface area contributed by atoms with Gasteiger partial charge in [0.2, 0.25) is 6.79 Å². The van der Waals surface area contributed by atoms with E-state index in [1.165, 1.54) is 0 Å². The largest absolute Gasteiger partial charge is 0.454 e. The third-order valence-corrected chi connectivity index (χ3v) is 2.83. The predicted octanol–water partition coefficient (Wildman–Crippen LogP) is 0.820. The van der Waals surface area contributed by atoms with Crippen LogP contribution in [0, 0.1) is 0 Å². The van der Waals surface area contributed by atoms with E-state index in [1.807, 2.05) is 6.07 Å². The molecule has 1 unspecified atom stereocenters.